The van der Waals surface area contributed by atoms with E-state index in [1.807, 2.05) is 72.8 Å². The molecule has 7 heteroatoms. The van der Waals surface area contributed by atoms with E-state index in [2.05, 4.69) is 25.5 Å². The lowest BCUT2D eigenvalue weighted by atomic mass is 10.0. The number of aromatic nitrogens is 4. The number of amides is 1. The minimum Gasteiger partial charge on any atom is -0.340 e. The lowest BCUT2D eigenvalue weighted by Crippen LogP contribution is -2.29. The summed E-state index contributed by atoms with van der Waals surface area (Å²) in [6, 6.07) is 22.8. The van der Waals surface area contributed by atoms with E-state index >= 15 is 0 Å². The van der Waals surface area contributed by atoms with Crippen molar-refractivity contribution >= 4 is 17.7 Å². The molecule has 2 heterocycles. The van der Waals surface area contributed by atoms with Crippen molar-refractivity contribution in [1.82, 2.24) is 25.5 Å². The number of rotatable bonds is 7. The Balaban J connectivity index is 1.47. The number of carbonyl (C=O) groups excluding carboxylic acids is 1. The number of aromatic amines is 1. The number of hydrogen-bond acceptors (Lipinski definition) is 5. The molecule has 0 aliphatic heterocycles. The molecule has 29 heavy (non-hydrogen) atoms. The Morgan fingerprint density at radius 1 is 0.966 bits per heavy atom. The summed E-state index contributed by atoms with van der Waals surface area (Å²) in [5, 5.41) is 10.5. The molecule has 4 aromatic rings. The number of carbonyl (C=O) groups is 1. The summed E-state index contributed by atoms with van der Waals surface area (Å²) in [7, 11) is 0. The van der Waals surface area contributed by atoms with Gasteiger partial charge >= 0.3 is 0 Å². The highest BCUT2D eigenvalue weighted by molar-refractivity contribution is 7.98. The van der Waals surface area contributed by atoms with Crippen molar-refractivity contribution in [3.05, 3.63) is 108 Å². The average molecular weight is 401 g/mol. The predicted molar refractivity (Wildman–Crippen MR) is 112 cm³/mol. The van der Waals surface area contributed by atoms with Crippen LogP contribution in [0.15, 0.2) is 90.5 Å². The number of nitrogens with one attached hydrogen (secondary N) is 2. The Bertz CT molecular complexity index is 998. The highest BCUT2D eigenvalue weighted by atomic mass is 32.2. The third kappa shape index (κ3) is 4.89. The van der Waals surface area contributed by atoms with Crippen LogP contribution in [0.3, 0.4) is 0 Å². The summed E-state index contributed by atoms with van der Waals surface area (Å²) in [6.45, 7) is 0. The molecule has 0 saturated carbocycles. The molecule has 0 spiro atoms. The number of pyridine rings is 1. The molecule has 1 amide bonds. The van der Waals surface area contributed by atoms with E-state index in [1.54, 1.807) is 18.0 Å². The van der Waals surface area contributed by atoms with Gasteiger partial charge in [-0.05, 0) is 35.4 Å². The Labute approximate surface area is 172 Å². The van der Waals surface area contributed by atoms with Gasteiger partial charge in [-0.3, -0.25) is 14.9 Å². The van der Waals surface area contributed by atoms with Crippen LogP contribution in [0.1, 0.15) is 33.2 Å². The Morgan fingerprint density at radius 3 is 2.45 bits per heavy atom. The fraction of sp³-hybridized carbons (Fsp3) is 0.0909. The molecule has 6 nitrogen and oxygen atoms in total. The number of H-pyrrole nitrogens is 1. The topological polar surface area (TPSA) is 83.6 Å². The van der Waals surface area contributed by atoms with Crippen molar-refractivity contribution in [3.8, 4) is 0 Å². The van der Waals surface area contributed by atoms with Crippen molar-refractivity contribution in [2.75, 3.05) is 0 Å². The van der Waals surface area contributed by atoms with Crippen molar-refractivity contribution in [3.63, 3.8) is 0 Å². The Hall–Kier alpha value is -3.45. The van der Waals surface area contributed by atoms with E-state index in [4.69, 9.17) is 0 Å². The molecule has 1 unspecified atom stereocenters. The maximum atomic E-state index is 12.9. The zero-order chi connectivity index (χ0) is 19.9. The number of benzene rings is 2. The van der Waals surface area contributed by atoms with Crippen LogP contribution in [0.4, 0.5) is 0 Å². The monoisotopic (exact) mass is 401 g/mol. The maximum absolute atomic E-state index is 12.9. The normalized spacial score (nSPS) is 11.7. The first-order valence-electron chi connectivity index (χ1n) is 9.13. The van der Waals surface area contributed by atoms with Gasteiger partial charge in [0.25, 0.3) is 5.91 Å². The van der Waals surface area contributed by atoms with Crippen molar-refractivity contribution in [2.24, 2.45) is 0 Å². The van der Waals surface area contributed by atoms with Crippen molar-refractivity contribution in [2.45, 2.75) is 17.0 Å². The molecule has 144 valence electrons. The third-order valence-electron chi connectivity index (χ3n) is 4.38. The van der Waals surface area contributed by atoms with Crippen LogP contribution in [-0.4, -0.2) is 26.1 Å². The second kappa shape index (κ2) is 9.16. The van der Waals surface area contributed by atoms with Gasteiger partial charge in [0.2, 0.25) is 0 Å². The van der Waals surface area contributed by atoms with E-state index in [1.165, 1.54) is 6.33 Å². The summed E-state index contributed by atoms with van der Waals surface area (Å²) < 4.78 is 0. The molecule has 0 aliphatic rings. The van der Waals surface area contributed by atoms with E-state index in [0.717, 1.165) is 27.7 Å². The zero-order valence-electron chi connectivity index (χ0n) is 15.5. The third-order valence-corrected chi connectivity index (χ3v) is 5.32. The van der Waals surface area contributed by atoms with Crippen LogP contribution in [0.2, 0.25) is 0 Å². The molecular weight excluding hydrogens is 382 g/mol. The molecule has 0 saturated heterocycles. The molecule has 4 rings (SSSR count). The summed E-state index contributed by atoms with van der Waals surface area (Å²) in [6.07, 6.45) is 3.22. The van der Waals surface area contributed by atoms with Crippen LogP contribution >= 0.6 is 11.8 Å². The van der Waals surface area contributed by atoms with Gasteiger partial charge in [-0.1, -0.05) is 60.3 Å². The Morgan fingerprint density at radius 2 is 1.76 bits per heavy atom. The second-order valence-corrected chi connectivity index (χ2v) is 7.31. The van der Waals surface area contributed by atoms with E-state index in [9.17, 15) is 4.79 Å². The molecule has 0 radical (unpaired) electrons. The molecule has 0 bridgehead atoms. The van der Waals surface area contributed by atoms with Gasteiger partial charge < -0.3 is 5.32 Å². The smallest absolute Gasteiger partial charge is 0.252 e. The Kier molecular flexibility index (Phi) is 5.97. The fourth-order valence-corrected chi connectivity index (χ4v) is 3.64. The highest BCUT2D eigenvalue weighted by Crippen LogP contribution is 2.22. The lowest BCUT2D eigenvalue weighted by Gasteiger charge is -2.19. The number of nitrogens with zero attached hydrogens (tertiary/aromatic N) is 3. The fourth-order valence-electron chi connectivity index (χ4n) is 2.90. The van der Waals surface area contributed by atoms with E-state index < -0.39 is 0 Å². The molecule has 2 aromatic carbocycles. The first-order chi connectivity index (χ1) is 14.3. The van der Waals surface area contributed by atoms with Crippen molar-refractivity contribution < 1.29 is 4.79 Å². The van der Waals surface area contributed by atoms with Gasteiger partial charge in [-0.15, -0.1) is 0 Å². The first-order valence-corrected chi connectivity index (χ1v) is 10.1. The van der Waals surface area contributed by atoms with Gasteiger partial charge in [0.1, 0.15) is 6.33 Å². The van der Waals surface area contributed by atoms with Gasteiger partial charge in [0, 0.05) is 17.5 Å². The van der Waals surface area contributed by atoms with E-state index in [0.29, 0.717) is 5.56 Å². The van der Waals surface area contributed by atoms with Crippen LogP contribution in [0.25, 0.3) is 0 Å². The van der Waals surface area contributed by atoms with Gasteiger partial charge in [0.15, 0.2) is 5.16 Å². The first kappa shape index (κ1) is 18.9. The molecule has 1 atom stereocenters. The lowest BCUT2D eigenvalue weighted by molar-refractivity contribution is 0.0942. The minimum absolute atomic E-state index is 0.140. The molecular formula is C22H19N5OS. The van der Waals surface area contributed by atoms with Crippen LogP contribution in [0, 0.1) is 0 Å². The number of hydrogen-bond donors (Lipinski definition) is 2. The summed E-state index contributed by atoms with van der Waals surface area (Å²) in [5.74, 6) is 0.608. The van der Waals surface area contributed by atoms with Gasteiger partial charge in [-0.2, -0.15) is 5.10 Å². The minimum atomic E-state index is -0.313. The maximum Gasteiger partial charge on any atom is 0.252 e. The van der Waals surface area contributed by atoms with Crippen LogP contribution < -0.4 is 5.32 Å². The molecule has 2 N–H and O–H groups in total. The van der Waals surface area contributed by atoms with Crippen LogP contribution in [-0.2, 0) is 5.75 Å². The number of thioether (sulfide) groups is 1. The molecule has 0 aliphatic carbocycles. The zero-order valence-corrected chi connectivity index (χ0v) is 16.3. The summed E-state index contributed by atoms with van der Waals surface area (Å²) >= 11 is 1.56. The largest absolute Gasteiger partial charge is 0.340 e. The summed E-state index contributed by atoms with van der Waals surface area (Å²) in [4.78, 5) is 21.4. The van der Waals surface area contributed by atoms with Crippen molar-refractivity contribution in [1.29, 1.82) is 0 Å². The van der Waals surface area contributed by atoms with Crippen LogP contribution in [0.5, 0.6) is 0 Å². The highest BCUT2D eigenvalue weighted by Gasteiger charge is 2.18. The molecule has 2 aromatic heterocycles. The molecule has 0 fully saturated rings. The van der Waals surface area contributed by atoms with Gasteiger partial charge in [0.05, 0.1) is 11.7 Å². The summed E-state index contributed by atoms with van der Waals surface area (Å²) in [5.41, 5.74) is 3.49. The quantitative estimate of drug-likeness (QED) is 0.457. The predicted octanol–water partition coefficient (Wildman–Crippen LogP) is 4.01. The SMILES string of the molecule is O=C(NC(c1ccccc1)c1ccccn1)c1ccc(CSc2ncn[nH]2)cc1. The van der Waals surface area contributed by atoms with E-state index in [-0.39, 0.29) is 11.9 Å². The second-order valence-electron chi connectivity index (χ2n) is 6.35. The van der Waals surface area contributed by atoms with Gasteiger partial charge in [-0.25, -0.2) is 4.98 Å². The standard InChI is InChI=1S/C22H19N5OS/c28-21(18-11-9-16(10-12-18)14-29-22-24-15-25-27-22)26-20(17-6-2-1-3-7-17)19-8-4-5-13-23-19/h1-13,15,20H,14H2,(H,26,28)(H,24,25,27). The average Bonchev–Trinajstić information content (AvgIpc) is 3.31.